The molecule has 1 unspecified atom stereocenters. The highest BCUT2D eigenvalue weighted by molar-refractivity contribution is 7.99. The molecule has 5 nitrogen and oxygen atoms in total. The number of benzene rings is 1. The third kappa shape index (κ3) is 4.68. The number of hydrogen-bond donors (Lipinski definition) is 1. The molecule has 3 rings (SSSR count). The van der Waals surface area contributed by atoms with Gasteiger partial charge < -0.3 is 10.6 Å². The summed E-state index contributed by atoms with van der Waals surface area (Å²) >= 11 is 7.58. The van der Waals surface area contributed by atoms with E-state index in [-0.39, 0.29) is 29.8 Å². The van der Waals surface area contributed by atoms with Gasteiger partial charge in [-0.15, -0.1) is 22.6 Å². The molecule has 8 heteroatoms. The zero-order chi connectivity index (χ0) is 18.0. The van der Waals surface area contributed by atoms with Crippen LogP contribution < -0.4 is 5.73 Å². The van der Waals surface area contributed by atoms with Crippen LogP contribution in [-0.2, 0) is 0 Å². The van der Waals surface area contributed by atoms with Crippen molar-refractivity contribution in [3.05, 3.63) is 47.1 Å². The van der Waals surface area contributed by atoms with E-state index >= 15 is 0 Å². The van der Waals surface area contributed by atoms with Crippen molar-refractivity contribution in [2.45, 2.75) is 36.2 Å². The van der Waals surface area contributed by atoms with E-state index in [1.165, 1.54) is 11.8 Å². The first-order chi connectivity index (χ1) is 11.9. The van der Waals surface area contributed by atoms with E-state index in [1.807, 2.05) is 29.2 Å². The van der Waals surface area contributed by atoms with Gasteiger partial charge in [-0.1, -0.05) is 49.3 Å². The summed E-state index contributed by atoms with van der Waals surface area (Å²) in [5.41, 5.74) is 6.40. The van der Waals surface area contributed by atoms with Crippen LogP contribution in [0.4, 0.5) is 0 Å². The van der Waals surface area contributed by atoms with Crippen molar-refractivity contribution < 1.29 is 4.79 Å². The minimum Gasteiger partial charge on any atom is -0.337 e. The Morgan fingerprint density at radius 2 is 2.00 bits per heavy atom. The van der Waals surface area contributed by atoms with Crippen LogP contribution in [0.1, 0.15) is 30.8 Å². The van der Waals surface area contributed by atoms with Crippen molar-refractivity contribution in [3.63, 3.8) is 0 Å². The first kappa shape index (κ1) is 21.0. The van der Waals surface area contributed by atoms with Crippen LogP contribution in [0.2, 0.25) is 5.02 Å². The maximum absolute atomic E-state index is 12.7. The van der Waals surface area contributed by atoms with E-state index in [0.29, 0.717) is 28.8 Å². The predicted molar refractivity (Wildman–Crippen MR) is 107 cm³/mol. The van der Waals surface area contributed by atoms with Gasteiger partial charge in [-0.05, 0) is 36.1 Å². The number of hydrogen-bond acceptors (Lipinski definition) is 5. The van der Waals surface area contributed by atoms with Crippen molar-refractivity contribution in [1.82, 2.24) is 15.1 Å². The number of amides is 1. The van der Waals surface area contributed by atoms with Gasteiger partial charge in [0, 0.05) is 24.0 Å². The van der Waals surface area contributed by atoms with E-state index < -0.39 is 0 Å². The van der Waals surface area contributed by atoms with Crippen molar-refractivity contribution in [3.8, 4) is 0 Å². The Kier molecular flexibility index (Phi) is 6.91. The second kappa shape index (κ2) is 8.57. The zero-order valence-electron chi connectivity index (χ0n) is 14.7. The van der Waals surface area contributed by atoms with E-state index in [2.05, 4.69) is 24.0 Å². The molecule has 1 aromatic heterocycles. The molecule has 0 saturated carbocycles. The lowest BCUT2D eigenvalue weighted by Crippen LogP contribution is -2.54. The number of aromatic nitrogens is 2. The van der Waals surface area contributed by atoms with Crippen molar-refractivity contribution >= 4 is 41.7 Å². The average molecular weight is 413 g/mol. The van der Waals surface area contributed by atoms with Gasteiger partial charge in [0.2, 0.25) is 0 Å². The van der Waals surface area contributed by atoms with Crippen LogP contribution >= 0.6 is 35.8 Å². The Morgan fingerprint density at radius 3 is 2.62 bits per heavy atom. The molecule has 1 aromatic carbocycles. The van der Waals surface area contributed by atoms with Gasteiger partial charge >= 0.3 is 0 Å². The lowest BCUT2D eigenvalue weighted by Gasteiger charge is -2.42. The first-order valence-corrected chi connectivity index (χ1v) is 9.37. The fraction of sp³-hybridized carbons (Fsp3) is 0.389. The normalized spacial score (nSPS) is 18.9. The molecule has 0 bridgehead atoms. The molecule has 1 aliphatic rings. The summed E-state index contributed by atoms with van der Waals surface area (Å²) in [6.07, 6.45) is 0.798. The van der Waals surface area contributed by atoms with Crippen molar-refractivity contribution in [2.75, 3.05) is 13.1 Å². The Bertz CT molecular complexity index is 770. The van der Waals surface area contributed by atoms with Crippen molar-refractivity contribution in [2.24, 2.45) is 11.1 Å². The number of likely N-dealkylation sites (tertiary alicyclic amines) is 1. The lowest BCUT2D eigenvalue weighted by molar-refractivity contribution is 0.0526. The highest BCUT2D eigenvalue weighted by Gasteiger charge is 2.35. The summed E-state index contributed by atoms with van der Waals surface area (Å²) in [6.45, 7) is 5.46. The monoisotopic (exact) mass is 412 g/mol. The Labute approximate surface area is 169 Å². The van der Waals surface area contributed by atoms with Gasteiger partial charge in [0.05, 0.1) is 5.02 Å². The molecule has 140 valence electrons. The third-order valence-corrected chi connectivity index (χ3v) is 5.95. The van der Waals surface area contributed by atoms with Gasteiger partial charge in [-0.25, -0.2) is 0 Å². The van der Waals surface area contributed by atoms with Crippen LogP contribution in [0.5, 0.6) is 0 Å². The summed E-state index contributed by atoms with van der Waals surface area (Å²) in [5, 5.41) is 9.64. The largest absolute Gasteiger partial charge is 0.337 e. The summed E-state index contributed by atoms with van der Waals surface area (Å²) < 4.78 is 0. The van der Waals surface area contributed by atoms with Crippen molar-refractivity contribution in [1.29, 1.82) is 0 Å². The molecule has 0 spiro atoms. The summed E-state index contributed by atoms with van der Waals surface area (Å²) in [6, 6.07) is 11.2. The van der Waals surface area contributed by atoms with Gasteiger partial charge in [0.25, 0.3) is 5.91 Å². The molecule has 1 aliphatic heterocycles. The Balaban J connectivity index is 0.00000243. The fourth-order valence-corrected chi connectivity index (χ4v) is 3.84. The quantitative estimate of drug-likeness (QED) is 0.826. The van der Waals surface area contributed by atoms with Gasteiger partial charge in [-0.3, -0.25) is 4.79 Å². The molecule has 2 N–H and O–H groups in total. The highest BCUT2D eigenvalue weighted by Crippen LogP contribution is 2.32. The number of carbonyl (C=O) groups excluding carboxylic acids is 1. The van der Waals surface area contributed by atoms with E-state index in [1.54, 1.807) is 12.1 Å². The summed E-state index contributed by atoms with van der Waals surface area (Å²) in [4.78, 5) is 15.4. The topological polar surface area (TPSA) is 72.1 Å². The fourth-order valence-electron chi connectivity index (χ4n) is 2.84. The molecule has 1 fully saturated rings. The van der Waals surface area contributed by atoms with Crippen LogP contribution in [0.3, 0.4) is 0 Å². The zero-order valence-corrected chi connectivity index (χ0v) is 17.1. The number of rotatable bonds is 3. The second-order valence-corrected chi connectivity index (χ2v) is 8.37. The third-order valence-electron chi connectivity index (χ3n) is 4.51. The minimum absolute atomic E-state index is 0. The number of nitrogens with zero attached hydrogens (tertiary/aromatic N) is 3. The smallest absolute Gasteiger partial charge is 0.274 e. The number of halogens is 2. The first-order valence-electron chi connectivity index (χ1n) is 8.18. The molecule has 26 heavy (non-hydrogen) atoms. The Morgan fingerprint density at radius 1 is 1.27 bits per heavy atom. The Hall–Kier alpha value is -1.34. The van der Waals surface area contributed by atoms with E-state index in [0.717, 1.165) is 11.3 Å². The van der Waals surface area contributed by atoms with Crippen LogP contribution in [0.25, 0.3) is 0 Å². The molecule has 1 saturated heterocycles. The molecular weight excluding hydrogens is 391 g/mol. The minimum atomic E-state index is -0.0960. The molecule has 1 amide bonds. The molecular formula is C18H22Cl2N4OS. The molecule has 2 heterocycles. The number of nitrogens with two attached hydrogens (primary N) is 1. The molecule has 2 aromatic rings. The van der Waals surface area contributed by atoms with Gasteiger partial charge in [-0.2, -0.15) is 0 Å². The van der Waals surface area contributed by atoms with Crippen LogP contribution in [-0.4, -0.2) is 40.1 Å². The van der Waals surface area contributed by atoms with Crippen LogP contribution in [0, 0.1) is 5.41 Å². The van der Waals surface area contributed by atoms with E-state index in [9.17, 15) is 4.79 Å². The second-order valence-electron chi connectivity index (χ2n) is 6.90. The lowest BCUT2D eigenvalue weighted by atomic mass is 9.79. The van der Waals surface area contributed by atoms with Crippen LogP contribution in [0.15, 0.2) is 46.3 Å². The van der Waals surface area contributed by atoms with Gasteiger partial charge in [0.15, 0.2) is 5.69 Å². The average Bonchev–Trinajstić information content (AvgIpc) is 2.59. The molecule has 1 atom stereocenters. The predicted octanol–water partition coefficient (Wildman–Crippen LogP) is 3.90. The van der Waals surface area contributed by atoms with E-state index in [4.69, 9.17) is 17.3 Å². The maximum Gasteiger partial charge on any atom is 0.274 e. The maximum atomic E-state index is 12.7. The number of piperidine rings is 1. The SMILES string of the molecule is CC1(C)CN(C(=O)c2ccc(Sc3ccccc3Cl)nn2)CCC1N.Cl. The number of carbonyl (C=O) groups is 1. The standard InChI is InChI=1S/C18H21ClN4OS.ClH/c1-18(2)11-23(10-9-15(18)20)17(24)13-7-8-16(22-21-13)25-14-6-4-3-5-12(14)19;/h3-8,15H,9-11,20H2,1-2H3;1H. The molecule has 0 radical (unpaired) electrons. The summed E-state index contributed by atoms with van der Waals surface area (Å²) in [5.74, 6) is -0.0956. The van der Waals surface area contributed by atoms with Gasteiger partial charge in [0.1, 0.15) is 5.03 Å². The summed E-state index contributed by atoms with van der Waals surface area (Å²) in [7, 11) is 0. The molecule has 0 aliphatic carbocycles. The highest BCUT2D eigenvalue weighted by atomic mass is 35.5.